The third-order valence-corrected chi connectivity index (χ3v) is 5.38. The summed E-state index contributed by atoms with van der Waals surface area (Å²) >= 11 is 0. The first kappa shape index (κ1) is 15.9. The van der Waals surface area contributed by atoms with E-state index >= 15 is 0 Å². The number of methoxy groups -OCH3 is 1. The molecule has 1 aromatic heterocycles. The molecule has 1 aromatic carbocycles. The fraction of sp³-hybridized carbons (Fsp3) is 0.421. The van der Waals surface area contributed by atoms with E-state index < -0.39 is 0 Å². The van der Waals surface area contributed by atoms with E-state index in [4.69, 9.17) is 4.74 Å². The Hall–Kier alpha value is -2.63. The molecule has 6 nitrogen and oxygen atoms in total. The molecule has 0 radical (unpaired) electrons. The number of carbonyl (C=O) groups is 1. The van der Waals surface area contributed by atoms with Gasteiger partial charge in [-0.1, -0.05) is 30.3 Å². The van der Waals surface area contributed by atoms with Crippen LogP contribution < -0.4 is 15.0 Å². The molecule has 1 atom stereocenters. The number of rotatable bonds is 3. The Morgan fingerprint density at radius 3 is 2.68 bits per heavy atom. The minimum Gasteiger partial charge on any atom is -0.481 e. The topological polar surface area (TPSA) is 67.3 Å². The fourth-order valence-electron chi connectivity index (χ4n) is 3.94. The molecular formula is C19H22N4O2. The molecule has 2 aromatic rings. The molecule has 0 saturated carbocycles. The van der Waals surface area contributed by atoms with Crippen molar-refractivity contribution in [3.63, 3.8) is 0 Å². The van der Waals surface area contributed by atoms with Crippen molar-refractivity contribution in [3.05, 3.63) is 48.3 Å². The van der Waals surface area contributed by atoms with Crippen molar-refractivity contribution in [1.29, 1.82) is 0 Å². The zero-order valence-corrected chi connectivity index (χ0v) is 14.3. The predicted octanol–water partition coefficient (Wildman–Crippen LogP) is 2.13. The van der Waals surface area contributed by atoms with Crippen LogP contribution in [-0.2, 0) is 4.79 Å². The third-order valence-electron chi connectivity index (χ3n) is 5.38. The van der Waals surface area contributed by atoms with E-state index in [1.54, 1.807) is 7.11 Å². The molecule has 1 unspecified atom stereocenters. The highest BCUT2D eigenvalue weighted by Gasteiger charge is 2.46. The first-order valence-electron chi connectivity index (χ1n) is 8.67. The SMILES string of the molecule is COc1cc(N2CCC3(CC2)CC(c2ccccc2)C(=O)N3)ncn1. The summed E-state index contributed by atoms with van der Waals surface area (Å²) < 4.78 is 5.18. The molecule has 2 saturated heterocycles. The van der Waals surface area contributed by atoms with Crippen LogP contribution in [0.25, 0.3) is 0 Å². The van der Waals surface area contributed by atoms with Crippen LogP contribution in [0.4, 0.5) is 5.82 Å². The van der Waals surface area contributed by atoms with Gasteiger partial charge < -0.3 is 15.0 Å². The van der Waals surface area contributed by atoms with E-state index in [-0.39, 0.29) is 17.4 Å². The minimum atomic E-state index is -0.0921. The van der Waals surface area contributed by atoms with Crippen LogP contribution in [0.3, 0.4) is 0 Å². The molecule has 1 spiro atoms. The van der Waals surface area contributed by atoms with E-state index in [2.05, 4.69) is 20.2 Å². The zero-order valence-electron chi connectivity index (χ0n) is 14.3. The maximum absolute atomic E-state index is 12.5. The Bertz CT molecular complexity index is 757. The van der Waals surface area contributed by atoms with Gasteiger partial charge in [0.2, 0.25) is 11.8 Å². The van der Waals surface area contributed by atoms with Gasteiger partial charge in [0.1, 0.15) is 12.1 Å². The summed E-state index contributed by atoms with van der Waals surface area (Å²) in [4.78, 5) is 23.2. The van der Waals surface area contributed by atoms with Gasteiger partial charge in [-0.25, -0.2) is 9.97 Å². The first-order valence-corrected chi connectivity index (χ1v) is 8.67. The number of ether oxygens (including phenoxy) is 1. The van der Waals surface area contributed by atoms with Crippen LogP contribution >= 0.6 is 0 Å². The number of amides is 1. The average molecular weight is 338 g/mol. The lowest BCUT2D eigenvalue weighted by molar-refractivity contribution is -0.121. The van der Waals surface area contributed by atoms with Crippen molar-refractivity contribution in [2.45, 2.75) is 30.7 Å². The number of piperidine rings is 1. The number of nitrogens with one attached hydrogen (secondary N) is 1. The maximum Gasteiger partial charge on any atom is 0.228 e. The van der Waals surface area contributed by atoms with Crippen LogP contribution in [0.5, 0.6) is 5.88 Å². The van der Waals surface area contributed by atoms with Crippen LogP contribution in [0.1, 0.15) is 30.7 Å². The second-order valence-corrected chi connectivity index (χ2v) is 6.84. The molecule has 4 rings (SSSR count). The normalized spacial score (nSPS) is 22.0. The van der Waals surface area contributed by atoms with Gasteiger partial charge in [-0.3, -0.25) is 4.79 Å². The van der Waals surface area contributed by atoms with E-state index in [9.17, 15) is 4.79 Å². The third kappa shape index (κ3) is 3.04. The summed E-state index contributed by atoms with van der Waals surface area (Å²) in [5.41, 5.74) is 1.02. The van der Waals surface area contributed by atoms with Gasteiger partial charge in [-0.2, -0.15) is 0 Å². The number of aromatic nitrogens is 2. The second kappa shape index (κ2) is 6.35. The van der Waals surface area contributed by atoms with Gasteiger partial charge in [-0.05, 0) is 24.8 Å². The zero-order chi connectivity index (χ0) is 17.3. The molecular weight excluding hydrogens is 316 g/mol. The number of nitrogens with zero attached hydrogens (tertiary/aromatic N) is 3. The van der Waals surface area contributed by atoms with Gasteiger partial charge in [0.25, 0.3) is 0 Å². The number of hydrogen-bond acceptors (Lipinski definition) is 5. The lowest BCUT2D eigenvalue weighted by Gasteiger charge is -2.39. The molecule has 2 aliphatic rings. The van der Waals surface area contributed by atoms with E-state index in [0.29, 0.717) is 5.88 Å². The van der Waals surface area contributed by atoms with Gasteiger partial charge >= 0.3 is 0 Å². The summed E-state index contributed by atoms with van der Waals surface area (Å²) in [6.45, 7) is 1.73. The van der Waals surface area contributed by atoms with Crippen LogP contribution in [0.2, 0.25) is 0 Å². The molecule has 1 amide bonds. The molecule has 3 heterocycles. The van der Waals surface area contributed by atoms with Gasteiger partial charge in [0.15, 0.2) is 0 Å². The summed E-state index contributed by atoms with van der Waals surface area (Å²) in [5.74, 6) is 1.57. The second-order valence-electron chi connectivity index (χ2n) is 6.84. The van der Waals surface area contributed by atoms with Gasteiger partial charge in [0, 0.05) is 24.7 Å². The Kier molecular flexibility index (Phi) is 4.03. The van der Waals surface area contributed by atoms with Crippen molar-refractivity contribution >= 4 is 11.7 Å². The van der Waals surface area contributed by atoms with E-state index in [1.165, 1.54) is 6.33 Å². The molecule has 0 bridgehead atoms. The van der Waals surface area contributed by atoms with E-state index in [0.717, 1.165) is 43.7 Å². The fourth-order valence-corrected chi connectivity index (χ4v) is 3.94. The molecule has 2 fully saturated rings. The number of benzene rings is 1. The molecule has 6 heteroatoms. The highest BCUT2D eigenvalue weighted by Crippen LogP contribution is 2.39. The first-order chi connectivity index (χ1) is 12.2. The van der Waals surface area contributed by atoms with Crippen molar-refractivity contribution in [2.75, 3.05) is 25.1 Å². The largest absolute Gasteiger partial charge is 0.481 e. The minimum absolute atomic E-state index is 0.0353. The highest BCUT2D eigenvalue weighted by atomic mass is 16.5. The van der Waals surface area contributed by atoms with Crippen molar-refractivity contribution in [3.8, 4) is 5.88 Å². The van der Waals surface area contributed by atoms with Crippen LogP contribution in [-0.4, -0.2) is 41.6 Å². The van der Waals surface area contributed by atoms with Crippen molar-refractivity contribution < 1.29 is 9.53 Å². The standard InChI is InChI=1S/C19H22N4O2/c1-25-17-11-16(20-13-21-17)23-9-7-19(8-10-23)12-15(18(24)22-19)14-5-3-2-4-6-14/h2-6,11,13,15H,7-10,12H2,1H3,(H,22,24). The Morgan fingerprint density at radius 1 is 1.20 bits per heavy atom. The van der Waals surface area contributed by atoms with Gasteiger partial charge in [-0.15, -0.1) is 0 Å². The number of hydrogen-bond donors (Lipinski definition) is 1. The Morgan fingerprint density at radius 2 is 1.96 bits per heavy atom. The summed E-state index contributed by atoms with van der Waals surface area (Å²) in [5, 5.41) is 3.29. The van der Waals surface area contributed by atoms with Crippen molar-refractivity contribution in [2.24, 2.45) is 0 Å². The van der Waals surface area contributed by atoms with Crippen LogP contribution in [0, 0.1) is 0 Å². The Balaban J connectivity index is 1.45. The maximum atomic E-state index is 12.5. The Labute approximate surface area is 147 Å². The summed E-state index contributed by atoms with van der Waals surface area (Å²) in [6.07, 6.45) is 4.25. The number of carbonyl (C=O) groups excluding carboxylic acids is 1. The van der Waals surface area contributed by atoms with E-state index in [1.807, 2.05) is 36.4 Å². The smallest absolute Gasteiger partial charge is 0.228 e. The molecule has 2 aliphatic heterocycles. The predicted molar refractivity (Wildman–Crippen MR) is 94.7 cm³/mol. The quantitative estimate of drug-likeness (QED) is 0.929. The lowest BCUT2D eigenvalue weighted by Crippen LogP contribution is -2.51. The summed E-state index contributed by atoms with van der Waals surface area (Å²) in [7, 11) is 1.61. The van der Waals surface area contributed by atoms with Crippen molar-refractivity contribution in [1.82, 2.24) is 15.3 Å². The number of anilines is 1. The molecule has 1 N–H and O–H groups in total. The summed E-state index contributed by atoms with van der Waals surface area (Å²) in [6, 6.07) is 11.9. The lowest BCUT2D eigenvalue weighted by atomic mass is 9.82. The molecule has 25 heavy (non-hydrogen) atoms. The monoisotopic (exact) mass is 338 g/mol. The average Bonchev–Trinajstić information content (AvgIpc) is 2.99. The highest BCUT2D eigenvalue weighted by molar-refractivity contribution is 5.87. The molecule has 130 valence electrons. The van der Waals surface area contributed by atoms with Gasteiger partial charge in [0.05, 0.1) is 13.0 Å². The van der Waals surface area contributed by atoms with Crippen LogP contribution in [0.15, 0.2) is 42.7 Å². The molecule has 0 aliphatic carbocycles.